The maximum absolute atomic E-state index is 5.49. The molecule has 0 radical (unpaired) electrons. The van der Waals surface area contributed by atoms with Crippen LogP contribution in [0.3, 0.4) is 0 Å². The molecule has 8 nitrogen and oxygen atoms in total. The standard InChI is InChI=1S/C24H31N7O.HI/c1-3-25-24(28-16-20-10-7-11-26-23(20)31-12-14-32-15-13-31)30(2)18-22-27-17-21(29-22)19-8-5-4-6-9-19;/h4-11,17H,3,12-16,18H2,1-2H3,(H,25,28)(H,27,29);1H. The van der Waals surface area contributed by atoms with Gasteiger partial charge in [0.2, 0.25) is 0 Å². The minimum Gasteiger partial charge on any atom is -0.378 e. The lowest BCUT2D eigenvalue weighted by atomic mass is 10.2. The third-order valence-corrected chi connectivity index (χ3v) is 5.37. The third kappa shape index (κ3) is 6.67. The highest BCUT2D eigenvalue weighted by Crippen LogP contribution is 2.20. The Hall–Kier alpha value is -2.66. The lowest BCUT2D eigenvalue weighted by Crippen LogP contribution is -2.39. The summed E-state index contributed by atoms with van der Waals surface area (Å²) in [6, 6.07) is 14.3. The van der Waals surface area contributed by atoms with Crippen molar-refractivity contribution in [2.45, 2.75) is 20.0 Å². The summed E-state index contributed by atoms with van der Waals surface area (Å²) in [4.78, 5) is 21.9. The predicted octanol–water partition coefficient (Wildman–Crippen LogP) is 3.52. The number of benzene rings is 1. The molecule has 176 valence electrons. The number of ether oxygens (including phenoxy) is 1. The topological polar surface area (TPSA) is 81.7 Å². The molecule has 9 heteroatoms. The van der Waals surface area contributed by atoms with Gasteiger partial charge in [0, 0.05) is 38.4 Å². The van der Waals surface area contributed by atoms with Gasteiger partial charge in [0.15, 0.2) is 5.96 Å². The van der Waals surface area contributed by atoms with Gasteiger partial charge in [-0.2, -0.15) is 0 Å². The van der Waals surface area contributed by atoms with Crippen molar-refractivity contribution in [2.24, 2.45) is 4.99 Å². The monoisotopic (exact) mass is 561 g/mol. The third-order valence-electron chi connectivity index (χ3n) is 5.37. The van der Waals surface area contributed by atoms with E-state index >= 15 is 0 Å². The average Bonchev–Trinajstić information content (AvgIpc) is 3.31. The zero-order chi connectivity index (χ0) is 22.2. The number of hydrogen-bond acceptors (Lipinski definition) is 5. The molecular formula is C24H32IN7O. The Morgan fingerprint density at radius 3 is 2.70 bits per heavy atom. The molecule has 0 amide bonds. The van der Waals surface area contributed by atoms with Gasteiger partial charge in [0.1, 0.15) is 11.6 Å². The Labute approximate surface area is 212 Å². The first-order valence-corrected chi connectivity index (χ1v) is 11.1. The van der Waals surface area contributed by atoms with Crippen LogP contribution in [0.1, 0.15) is 18.3 Å². The fourth-order valence-corrected chi connectivity index (χ4v) is 3.75. The molecule has 0 saturated carbocycles. The number of guanidine groups is 1. The number of nitrogens with one attached hydrogen (secondary N) is 2. The Bertz CT molecular complexity index is 1020. The molecule has 0 atom stereocenters. The molecule has 1 aliphatic rings. The molecule has 3 heterocycles. The maximum atomic E-state index is 5.49. The van der Waals surface area contributed by atoms with E-state index in [0.29, 0.717) is 13.1 Å². The number of nitrogens with zero attached hydrogens (tertiary/aromatic N) is 5. The fourth-order valence-electron chi connectivity index (χ4n) is 3.75. The summed E-state index contributed by atoms with van der Waals surface area (Å²) >= 11 is 0. The molecule has 0 bridgehead atoms. The van der Waals surface area contributed by atoms with Crippen molar-refractivity contribution >= 4 is 35.8 Å². The Morgan fingerprint density at radius 1 is 1.15 bits per heavy atom. The highest BCUT2D eigenvalue weighted by molar-refractivity contribution is 14.0. The number of morpholine rings is 1. The highest BCUT2D eigenvalue weighted by atomic mass is 127. The van der Waals surface area contributed by atoms with E-state index in [1.165, 1.54) is 0 Å². The van der Waals surface area contributed by atoms with Crippen molar-refractivity contribution in [1.29, 1.82) is 0 Å². The fraction of sp³-hybridized carbons (Fsp3) is 0.375. The van der Waals surface area contributed by atoms with E-state index in [1.54, 1.807) is 0 Å². The lowest BCUT2D eigenvalue weighted by Gasteiger charge is -2.29. The second kappa shape index (κ2) is 12.5. The summed E-state index contributed by atoms with van der Waals surface area (Å²) in [6.45, 7) is 7.24. The van der Waals surface area contributed by atoms with Crippen LogP contribution in [-0.4, -0.2) is 65.7 Å². The van der Waals surface area contributed by atoms with E-state index in [4.69, 9.17) is 9.73 Å². The summed E-state index contributed by atoms with van der Waals surface area (Å²) in [5.74, 6) is 2.73. The summed E-state index contributed by atoms with van der Waals surface area (Å²) in [5, 5.41) is 3.39. The van der Waals surface area contributed by atoms with Gasteiger partial charge in [0.25, 0.3) is 0 Å². The number of aliphatic imine (C=N–C) groups is 1. The van der Waals surface area contributed by atoms with Crippen LogP contribution in [0.5, 0.6) is 0 Å². The van der Waals surface area contributed by atoms with E-state index in [0.717, 1.165) is 67.3 Å². The Morgan fingerprint density at radius 2 is 1.94 bits per heavy atom. The number of aromatic amines is 1. The van der Waals surface area contributed by atoms with Gasteiger partial charge in [0.05, 0.1) is 38.2 Å². The minimum absolute atomic E-state index is 0. The second-order valence-corrected chi connectivity index (χ2v) is 7.72. The molecule has 1 aliphatic heterocycles. The molecule has 0 aliphatic carbocycles. The van der Waals surface area contributed by atoms with E-state index in [2.05, 4.69) is 55.2 Å². The van der Waals surface area contributed by atoms with Crippen LogP contribution in [0, 0.1) is 0 Å². The van der Waals surface area contributed by atoms with Crippen LogP contribution in [0.25, 0.3) is 11.3 Å². The number of aromatic nitrogens is 3. The number of imidazole rings is 1. The first-order chi connectivity index (χ1) is 15.7. The summed E-state index contributed by atoms with van der Waals surface area (Å²) in [7, 11) is 2.03. The largest absolute Gasteiger partial charge is 0.378 e. The zero-order valence-corrected chi connectivity index (χ0v) is 21.5. The molecular weight excluding hydrogens is 529 g/mol. The number of pyridine rings is 1. The van der Waals surface area contributed by atoms with Crippen LogP contribution in [0.15, 0.2) is 59.9 Å². The van der Waals surface area contributed by atoms with Gasteiger partial charge in [-0.3, -0.25) is 0 Å². The van der Waals surface area contributed by atoms with Crippen molar-refractivity contribution in [3.63, 3.8) is 0 Å². The molecule has 2 N–H and O–H groups in total. The van der Waals surface area contributed by atoms with E-state index < -0.39 is 0 Å². The van der Waals surface area contributed by atoms with Crippen molar-refractivity contribution in [3.8, 4) is 11.3 Å². The first kappa shape index (κ1) is 25.0. The first-order valence-electron chi connectivity index (χ1n) is 11.1. The number of rotatable bonds is 7. The zero-order valence-electron chi connectivity index (χ0n) is 19.2. The Balaban J connectivity index is 0.00000306. The molecule has 1 aromatic carbocycles. The van der Waals surface area contributed by atoms with E-state index in [9.17, 15) is 0 Å². The predicted molar refractivity (Wildman–Crippen MR) is 143 cm³/mol. The maximum Gasteiger partial charge on any atom is 0.194 e. The minimum atomic E-state index is 0. The number of H-pyrrole nitrogens is 1. The van der Waals surface area contributed by atoms with Crippen LogP contribution >= 0.6 is 24.0 Å². The van der Waals surface area contributed by atoms with Crippen LogP contribution in [-0.2, 0) is 17.8 Å². The van der Waals surface area contributed by atoms with Gasteiger partial charge in [-0.25, -0.2) is 15.0 Å². The number of anilines is 1. The van der Waals surface area contributed by atoms with Gasteiger partial charge >= 0.3 is 0 Å². The Kier molecular flexibility index (Phi) is 9.49. The lowest BCUT2D eigenvalue weighted by molar-refractivity contribution is 0.122. The van der Waals surface area contributed by atoms with E-state index in [-0.39, 0.29) is 24.0 Å². The van der Waals surface area contributed by atoms with Crippen molar-refractivity contribution in [2.75, 3.05) is 44.8 Å². The molecule has 0 spiro atoms. The van der Waals surface area contributed by atoms with Gasteiger partial charge in [-0.15, -0.1) is 24.0 Å². The van der Waals surface area contributed by atoms with Crippen LogP contribution in [0.2, 0.25) is 0 Å². The average molecular weight is 561 g/mol. The molecule has 33 heavy (non-hydrogen) atoms. The van der Waals surface area contributed by atoms with Gasteiger partial charge in [-0.1, -0.05) is 36.4 Å². The normalized spacial score (nSPS) is 14.0. The molecule has 4 rings (SSSR count). The molecule has 2 aromatic heterocycles. The molecule has 3 aromatic rings. The second-order valence-electron chi connectivity index (χ2n) is 7.72. The van der Waals surface area contributed by atoms with Crippen LogP contribution in [0.4, 0.5) is 5.82 Å². The van der Waals surface area contributed by atoms with Crippen molar-refractivity contribution in [3.05, 3.63) is 66.2 Å². The van der Waals surface area contributed by atoms with Gasteiger partial charge < -0.3 is 24.8 Å². The van der Waals surface area contributed by atoms with Crippen molar-refractivity contribution in [1.82, 2.24) is 25.2 Å². The highest BCUT2D eigenvalue weighted by Gasteiger charge is 2.16. The number of halogens is 1. The SMILES string of the molecule is CCNC(=NCc1cccnc1N1CCOCC1)N(C)Cc1ncc(-c2ccccc2)[nH]1.I. The van der Waals surface area contributed by atoms with Gasteiger partial charge in [-0.05, 0) is 18.6 Å². The summed E-state index contributed by atoms with van der Waals surface area (Å²) in [5.41, 5.74) is 3.26. The quantitative estimate of drug-likeness (QED) is 0.261. The smallest absolute Gasteiger partial charge is 0.194 e. The number of hydrogen-bond donors (Lipinski definition) is 2. The molecule has 0 unspecified atom stereocenters. The molecule has 1 fully saturated rings. The summed E-state index contributed by atoms with van der Waals surface area (Å²) in [6.07, 6.45) is 3.73. The summed E-state index contributed by atoms with van der Waals surface area (Å²) < 4.78 is 5.49. The van der Waals surface area contributed by atoms with Crippen LogP contribution < -0.4 is 10.2 Å². The van der Waals surface area contributed by atoms with E-state index in [1.807, 2.05) is 43.7 Å². The van der Waals surface area contributed by atoms with Crippen molar-refractivity contribution < 1.29 is 4.74 Å². The molecule has 1 saturated heterocycles.